The van der Waals surface area contributed by atoms with Crippen LogP contribution in [-0.4, -0.2) is 74.8 Å². The highest BCUT2D eigenvalue weighted by atomic mass is 16.5. The second-order valence-corrected chi connectivity index (χ2v) is 14.0. The Morgan fingerprint density at radius 3 is 1.82 bits per heavy atom. The van der Waals surface area contributed by atoms with Gasteiger partial charge in [0.2, 0.25) is 0 Å². The summed E-state index contributed by atoms with van der Waals surface area (Å²) in [6, 6.07) is 16.3. The minimum atomic E-state index is -0.166. The van der Waals surface area contributed by atoms with Gasteiger partial charge in [0.1, 0.15) is 23.1 Å². The average molecular weight is 699 g/mol. The molecule has 1 aliphatic heterocycles. The Morgan fingerprint density at radius 1 is 0.824 bits per heavy atom. The molecule has 1 saturated heterocycles. The molecule has 0 radical (unpaired) electrons. The number of ether oxygens (including phenoxy) is 2. The number of carbonyl (C=O) groups excluding carboxylic acids is 2. The van der Waals surface area contributed by atoms with Crippen LogP contribution in [0.4, 0.5) is 0 Å². The van der Waals surface area contributed by atoms with Crippen molar-refractivity contribution in [2.24, 2.45) is 20.0 Å². The first-order valence-corrected chi connectivity index (χ1v) is 18.6. The number of benzene rings is 2. The zero-order valence-corrected chi connectivity index (χ0v) is 30.7. The first-order valence-electron chi connectivity index (χ1n) is 18.6. The van der Waals surface area contributed by atoms with E-state index in [1.165, 1.54) is 54.4 Å². The predicted molar refractivity (Wildman–Crippen MR) is 198 cm³/mol. The fraction of sp³-hybridized carbons (Fsp3) is 0.500. The van der Waals surface area contributed by atoms with Gasteiger partial charge in [-0.15, -0.1) is 0 Å². The number of hydrogen-bond acceptors (Lipinski definition) is 6. The molecule has 11 heteroatoms. The molecular formula is C40H56N7O4+. The smallest absolute Gasteiger partial charge is 0.258 e. The van der Waals surface area contributed by atoms with Crippen molar-refractivity contribution in [1.82, 2.24) is 29.7 Å². The Labute approximate surface area is 303 Å². The molecule has 1 atom stereocenters. The Morgan fingerprint density at radius 2 is 1.35 bits per heavy atom. The van der Waals surface area contributed by atoms with Crippen LogP contribution >= 0.6 is 0 Å². The van der Waals surface area contributed by atoms with E-state index in [-0.39, 0.29) is 25.0 Å². The van der Waals surface area contributed by atoms with E-state index in [9.17, 15) is 9.59 Å². The van der Waals surface area contributed by atoms with Crippen molar-refractivity contribution < 1.29 is 23.5 Å². The summed E-state index contributed by atoms with van der Waals surface area (Å²) in [7, 11) is 3.81. The number of rotatable bonds is 20. The summed E-state index contributed by atoms with van der Waals surface area (Å²) in [4.78, 5) is 33.2. The van der Waals surface area contributed by atoms with Crippen molar-refractivity contribution in [2.45, 2.75) is 71.4 Å². The van der Waals surface area contributed by atoms with Crippen LogP contribution in [0, 0.1) is 5.92 Å². The van der Waals surface area contributed by atoms with Gasteiger partial charge in [-0.3, -0.25) is 9.59 Å². The lowest BCUT2D eigenvalue weighted by atomic mass is 9.90. The second-order valence-electron chi connectivity index (χ2n) is 14.0. The van der Waals surface area contributed by atoms with Gasteiger partial charge in [0.05, 0.1) is 39.3 Å². The summed E-state index contributed by atoms with van der Waals surface area (Å²) in [6.07, 6.45) is 16.5. The molecule has 11 nitrogen and oxygen atoms in total. The van der Waals surface area contributed by atoms with Gasteiger partial charge in [0.15, 0.2) is 13.2 Å². The fourth-order valence-corrected chi connectivity index (χ4v) is 7.32. The van der Waals surface area contributed by atoms with E-state index in [2.05, 4.69) is 51.8 Å². The maximum atomic E-state index is 12.4. The van der Waals surface area contributed by atoms with Gasteiger partial charge in [-0.25, -0.2) is 9.97 Å². The Hall–Kier alpha value is -4.64. The van der Waals surface area contributed by atoms with E-state index < -0.39 is 0 Å². The quantitative estimate of drug-likeness (QED) is 0.124. The standard InChI is InChI=1S/C40H55N7O4/c1-4-10-34-15-9-24-47(29-34,22-7-13-32-11-5-16-35(25-32)50-30-39(48)43-27-37-41-18-20-45(37)2)23-8-14-33-12-6-17-36(26-33)51-31-40(49)44-28-38-42-19-21-46(38)3/h5-6,11-12,16-21,25-26,34H,4,7-10,13-15,22-24,27-31H2,1-3H3,(H-,43,44,48,49)/p+1. The maximum Gasteiger partial charge on any atom is 0.258 e. The van der Waals surface area contributed by atoms with Crippen LogP contribution in [0.5, 0.6) is 11.5 Å². The molecule has 5 rings (SSSR count). The molecule has 1 unspecified atom stereocenters. The van der Waals surface area contributed by atoms with Crippen LogP contribution in [0.15, 0.2) is 73.3 Å². The van der Waals surface area contributed by atoms with Gasteiger partial charge >= 0.3 is 0 Å². The van der Waals surface area contributed by atoms with E-state index in [0.717, 1.165) is 67.8 Å². The molecule has 0 saturated carbocycles. The van der Waals surface area contributed by atoms with E-state index >= 15 is 0 Å². The van der Waals surface area contributed by atoms with Crippen LogP contribution in [0.25, 0.3) is 0 Å². The number of nitrogens with one attached hydrogen (secondary N) is 2. The van der Waals surface area contributed by atoms with Crippen molar-refractivity contribution in [3.05, 3.63) is 96.1 Å². The molecule has 274 valence electrons. The van der Waals surface area contributed by atoms with Crippen molar-refractivity contribution >= 4 is 11.8 Å². The molecular weight excluding hydrogens is 642 g/mol. The average Bonchev–Trinajstić information content (AvgIpc) is 3.75. The van der Waals surface area contributed by atoms with Gasteiger partial charge in [0.25, 0.3) is 11.8 Å². The zero-order chi connectivity index (χ0) is 35.9. The van der Waals surface area contributed by atoms with Crippen molar-refractivity contribution in [1.29, 1.82) is 0 Å². The number of nitrogens with zero attached hydrogens (tertiary/aromatic N) is 5. The topological polar surface area (TPSA) is 112 Å². The number of piperidine rings is 1. The molecule has 4 aromatic rings. The van der Waals surface area contributed by atoms with E-state index in [1.54, 1.807) is 12.4 Å². The minimum Gasteiger partial charge on any atom is -0.484 e. The normalized spacial score (nSPS) is 15.3. The van der Waals surface area contributed by atoms with Crippen molar-refractivity contribution in [3.8, 4) is 11.5 Å². The third-order valence-electron chi connectivity index (χ3n) is 10.0. The molecule has 2 aromatic carbocycles. The molecule has 2 N–H and O–H groups in total. The third kappa shape index (κ3) is 12.0. The number of likely N-dealkylation sites (tertiary alicyclic amines) is 1. The van der Waals surface area contributed by atoms with E-state index in [1.807, 2.05) is 59.9 Å². The van der Waals surface area contributed by atoms with Crippen LogP contribution < -0.4 is 20.1 Å². The summed E-state index contributed by atoms with van der Waals surface area (Å²) in [6.45, 7) is 7.85. The van der Waals surface area contributed by atoms with Gasteiger partial charge in [-0.05, 0) is 67.5 Å². The summed E-state index contributed by atoms with van der Waals surface area (Å²) in [5.41, 5.74) is 2.48. The number of aromatic nitrogens is 4. The van der Waals surface area contributed by atoms with E-state index in [0.29, 0.717) is 13.1 Å². The molecule has 0 aliphatic carbocycles. The SMILES string of the molecule is CCCC1CCC[N+](CCCc2cccc(OCC(=O)NCc3nccn3C)c2)(CCCc2cccc(OCC(=O)NCc3nccn3C)c2)C1. The zero-order valence-electron chi connectivity index (χ0n) is 30.7. The largest absolute Gasteiger partial charge is 0.484 e. The molecule has 0 spiro atoms. The van der Waals surface area contributed by atoms with Crippen molar-refractivity contribution in [2.75, 3.05) is 39.4 Å². The highest BCUT2D eigenvalue weighted by Crippen LogP contribution is 2.29. The van der Waals surface area contributed by atoms with Gasteiger partial charge in [-0.1, -0.05) is 37.6 Å². The Bertz CT molecular complexity index is 1570. The maximum absolute atomic E-state index is 12.4. The van der Waals surface area contributed by atoms with Crippen LogP contribution in [0.1, 0.15) is 68.2 Å². The molecule has 3 heterocycles. The van der Waals surface area contributed by atoms with Crippen LogP contribution in [0.2, 0.25) is 0 Å². The van der Waals surface area contributed by atoms with Gasteiger partial charge in [-0.2, -0.15) is 0 Å². The first kappa shape index (κ1) is 37.6. The number of aryl methyl sites for hydroxylation is 4. The highest BCUT2D eigenvalue weighted by molar-refractivity contribution is 5.77. The lowest BCUT2D eigenvalue weighted by Crippen LogP contribution is -2.55. The van der Waals surface area contributed by atoms with Gasteiger partial charge in [0, 0.05) is 57.6 Å². The first-order chi connectivity index (χ1) is 24.8. The number of quaternary nitrogens is 1. The van der Waals surface area contributed by atoms with Crippen LogP contribution in [0.3, 0.4) is 0 Å². The number of imidazole rings is 2. The van der Waals surface area contributed by atoms with Crippen molar-refractivity contribution in [3.63, 3.8) is 0 Å². The summed E-state index contributed by atoms with van der Waals surface area (Å²) in [5, 5.41) is 5.75. The lowest BCUT2D eigenvalue weighted by molar-refractivity contribution is -0.936. The fourth-order valence-electron chi connectivity index (χ4n) is 7.32. The molecule has 2 amide bonds. The Kier molecular flexibility index (Phi) is 14.1. The van der Waals surface area contributed by atoms with Gasteiger partial charge < -0.3 is 33.7 Å². The molecule has 2 aromatic heterocycles. The predicted octanol–water partition coefficient (Wildman–Crippen LogP) is 5.14. The second kappa shape index (κ2) is 19.1. The molecule has 1 fully saturated rings. The molecule has 0 bridgehead atoms. The van der Waals surface area contributed by atoms with E-state index in [4.69, 9.17) is 9.47 Å². The lowest BCUT2D eigenvalue weighted by Gasteiger charge is -2.45. The monoisotopic (exact) mass is 698 g/mol. The number of hydrogen-bond donors (Lipinski definition) is 2. The summed E-state index contributed by atoms with van der Waals surface area (Å²) in [5.74, 6) is 3.51. The Balaban J connectivity index is 1.08. The number of amides is 2. The van der Waals surface area contributed by atoms with Crippen LogP contribution in [-0.2, 0) is 49.6 Å². The summed E-state index contributed by atoms with van der Waals surface area (Å²) >= 11 is 0. The molecule has 1 aliphatic rings. The third-order valence-corrected chi connectivity index (χ3v) is 10.0. The summed E-state index contributed by atoms with van der Waals surface area (Å²) < 4.78 is 16.7. The molecule has 51 heavy (non-hydrogen) atoms. The number of carbonyl (C=O) groups is 2. The highest BCUT2D eigenvalue weighted by Gasteiger charge is 2.34. The minimum absolute atomic E-state index is 0.0242.